The maximum Gasteiger partial charge on any atom is 0.296 e. The number of nitrogens with one attached hydrogen (secondary N) is 3. The van der Waals surface area contributed by atoms with Gasteiger partial charge in [0.15, 0.2) is 11.5 Å². The number of nitrogen functional groups attached to an aromatic ring is 1. The van der Waals surface area contributed by atoms with E-state index in [1.165, 1.54) is 36.4 Å². The van der Waals surface area contributed by atoms with E-state index in [1.54, 1.807) is 24.3 Å². The van der Waals surface area contributed by atoms with Crippen LogP contribution in [0.3, 0.4) is 0 Å². The number of hydrogen-bond donors (Lipinski definition) is 7. The molecule has 2 aliphatic rings. The molecule has 25 heteroatoms. The average Bonchev–Trinajstić information content (AvgIpc) is 3.16. The van der Waals surface area contributed by atoms with Crippen LogP contribution in [-0.4, -0.2) is 66.8 Å². The van der Waals surface area contributed by atoms with E-state index in [1.807, 2.05) is 0 Å². The molecule has 0 amide bonds. The molecule has 0 saturated heterocycles. The van der Waals surface area contributed by atoms with Crippen LogP contribution < -0.4 is 21.9 Å². The maximum absolute atomic E-state index is 13.9. The summed E-state index contributed by atoms with van der Waals surface area (Å²) < 4.78 is 105. The Balaban J connectivity index is 1.31. The summed E-state index contributed by atoms with van der Waals surface area (Å²) in [5, 5.41) is 29.2. The van der Waals surface area contributed by atoms with E-state index < -0.39 is 84.0 Å². The van der Waals surface area contributed by atoms with Crippen LogP contribution in [0, 0.1) is 10.1 Å². The number of nitrogens with zero attached hydrogens (tertiary/aromatic N) is 5. The first kappa shape index (κ1) is 41.3. The number of nitro groups is 1. The van der Waals surface area contributed by atoms with Gasteiger partial charge in [0.2, 0.25) is 5.78 Å². The van der Waals surface area contributed by atoms with Gasteiger partial charge in [-0.3, -0.25) is 44.2 Å². The molecule has 22 nitrogen and oxygen atoms in total. The van der Waals surface area contributed by atoms with Crippen LogP contribution >= 0.6 is 0 Å². The van der Waals surface area contributed by atoms with Gasteiger partial charge in [-0.2, -0.15) is 40.6 Å². The van der Waals surface area contributed by atoms with E-state index in [-0.39, 0.29) is 28.5 Å². The average molecular weight is 864 g/mol. The highest BCUT2D eigenvalue weighted by atomic mass is 32.2. The molecular formula is C34H25N9O13S3. The summed E-state index contributed by atoms with van der Waals surface area (Å²) in [6.45, 7) is 0. The highest BCUT2D eigenvalue weighted by molar-refractivity contribution is 7.91. The zero-order valence-corrected chi connectivity index (χ0v) is 31.7. The van der Waals surface area contributed by atoms with Crippen LogP contribution in [0.4, 0.5) is 45.5 Å². The number of azo groups is 1. The molecule has 0 spiro atoms. The van der Waals surface area contributed by atoms with Gasteiger partial charge in [-0.25, -0.2) is 0 Å². The van der Waals surface area contributed by atoms with Gasteiger partial charge >= 0.3 is 0 Å². The molecule has 6 rings (SSSR count). The number of hydrazone groups is 2. The molecule has 2 aliphatic carbocycles. The summed E-state index contributed by atoms with van der Waals surface area (Å²) in [6.07, 6.45) is 6.35. The molecule has 0 atom stereocenters. The number of Topliss-reactive ketones (excluding diaryl/α,β-unsaturated/α-hetero) is 1. The van der Waals surface area contributed by atoms with Crippen LogP contribution in [0.15, 0.2) is 132 Å². The number of fused-ring (bicyclic) bond motifs is 1. The fourth-order valence-corrected chi connectivity index (χ4v) is 7.31. The van der Waals surface area contributed by atoms with Crippen molar-refractivity contribution in [3.63, 3.8) is 0 Å². The highest BCUT2D eigenvalue weighted by Crippen LogP contribution is 2.41. The number of carbonyl (C=O) groups is 2. The SMILES string of the molecule is Nc1c(N=Nc2ccc([N+](=O)[O-])cc2)c(S(=O)(=O)O)cc2c1C(=O)/C(=N/Nc1ccc(Nc3ccc(NN=C4C=CC(=O)C=C4)cc3)c(S(=O)(=O)O)c1)C(S(=O)(=O)O)=C2. The summed E-state index contributed by atoms with van der Waals surface area (Å²) in [6, 6.07) is 14.6. The molecule has 59 heavy (non-hydrogen) atoms. The molecule has 0 aromatic heterocycles. The lowest BCUT2D eigenvalue weighted by Gasteiger charge is -2.20. The summed E-state index contributed by atoms with van der Waals surface area (Å²) in [4.78, 5) is 32.5. The zero-order valence-electron chi connectivity index (χ0n) is 29.3. The molecule has 0 saturated carbocycles. The van der Waals surface area contributed by atoms with E-state index >= 15 is 0 Å². The highest BCUT2D eigenvalue weighted by Gasteiger charge is 2.37. The minimum atomic E-state index is -5.32. The third-order valence-electron chi connectivity index (χ3n) is 8.05. The predicted octanol–water partition coefficient (Wildman–Crippen LogP) is 5.19. The van der Waals surface area contributed by atoms with Gasteiger partial charge in [0, 0.05) is 17.8 Å². The largest absolute Gasteiger partial charge is 0.396 e. The molecule has 0 radical (unpaired) electrons. The number of allylic oxidation sites excluding steroid dienone is 5. The van der Waals surface area contributed by atoms with Crippen molar-refractivity contribution >= 4 is 105 Å². The minimum absolute atomic E-state index is 0.0473. The van der Waals surface area contributed by atoms with Crippen molar-refractivity contribution in [2.24, 2.45) is 20.4 Å². The van der Waals surface area contributed by atoms with E-state index in [9.17, 15) is 58.6 Å². The van der Waals surface area contributed by atoms with Gasteiger partial charge < -0.3 is 11.1 Å². The van der Waals surface area contributed by atoms with Gasteiger partial charge in [-0.1, -0.05) is 0 Å². The van der Waals surface area contributed by atoms with Crippen molar-refractivity contribution in [2.75, 3.05) is 21.9 Å². The van der Waals surface area contributed by atoms with Gasteiger partial charge in [-0.05, 0) is 96.6 Å². The summed E-state index contributed by atoms with van der Waals surface area (Å²) >= 11 is 0. The molecule has 0 bridgehead atoms. The van der Waals surface area contributed by atoms with Gasteiger partial charge in [0.25, 0.3) is 36.0 Å². The Kier molecular flexibility index (Phi) is 11.2. The van der Waals surface area contributed by atoms with Crippen molar-refractivity contribution in [3.8, 4) is 0 Å². The van der Waals surface area contributed by atoms with Crippen molar-refractivity contribution in [2.45, 2.75) is 9.79 Å². The molecular weight excluding hydrogens is 839 g/mol. The third kappa shape index (κ3) is 9.47. The Labute approximate surface area is 332 Å². The number of non-ortho nitro benzene ring substituents is 1. The Morgan fingerprint density at radius 1 is 0.678 bits per heavy atom. The number of ketones is 2. The monoisotopic (exact) mass is 863 g/mol. The van der Waals surface area contributed by atoms with Crippen LogP contribution in [0.2, 0.25) is 0 Å². The normalized spacial score (nSPS) is 14.9. The first-order valence-corrected chi connectivity index (χ1v) is 20.4. The molecule has 0 heterocycles. The van der Waals surface area contributed by atoms with E-state index in [4.69, 9.17) is 5.73 Å². The molecule has 0 unspecified atom stereocenters. The number of rotatable bonds is 12. The topological polar surface area (TPSA) is 352 Å². The number of nitrogens with two attached hydrogens (primary N) is 1. The second kappa shape index (κ2) is 15.9. The third-order valence-corrected chi connectivity index (χ3v) is 10.7. The maximum atomic E-state index is 13.9. The van der Waals surface area contributed by atoms with Crippen LogP contribution in [0.1, 0.15) is 15.9 Å². The summed E-state index contributed by atoms with van der Waals surface area (Å²) in [5.74, 6) is -1.50. The molecule has 0 fully saturated rings. The second-order valence-corrected chi connectivity index (χ2v) is 16.2. The lowest BCUT2D eigenvalue weighted by atomic mass is 9.92. The molecule has 8 N–H and O–H groups in total. The Bertz CT molecular complexity index is 2980. The first-order chi connectivity index (χ1) is 27.7. The van der Waals surface area contributed by atoms with Crippen molar-refractivity contribution in [3.05, 3.63) is 123 Å². The van der Waals surface area contributed by atoms with Gasteiger partial charge in [0.1, 0.15) is 20.4 Å². The van der Waals surface area contributed by atoms with Gasteiger partial charge in [-0.15, -0.1) is 5.11 Å². The molecule has 4 aromatic carbocycles. The van der Waals surface area contributed by atoms with E-state index in [0.717, 1.165) is 30.3 Å². The second-order valence-electron chi connectivity index (χ2n) is 12.0. The van der Waals surface area contributed by atoms with Crippen molar-refractivity contribution in [1.29, 1.82) is 0 Å². The van der Waals surface area contributed by atoms with Crippen molar-refractivity contribution in [1.82, 2.24) is 0 Å². The predicted molar refractivity (Wildman–Crippen MR) is 213 cm³/mol. The Hall–Kier alpha value is -7.29. The van der Waals surface area contributed by atoms with Crippen LogP contribution in [-0.2, 0) is 35.1 Å². The van der Waals surface area contributed by atoms with Crippen LogP contribution in [0.5, 0.6) is 0 Å². The zero-order chi connectivity index (χ0) is 42.9. The summed E-state index contributed by atoms with van der Waals surface area (Å²) in [5.41, 5.74) is 8.22. The number of carbonyl (C=O) groups excluding carboxylic acids is 2. The van der Waals surface area contributed by atoms with Crippen molar-refractivity contribution < 1.29 is 53.4 Å². The number of anilines is 5. The van der Waals surface area contributed by atoms with E-state index in [0.29, 0.717) is 29.2 Å². The fourth-order valence-electron chi connectivity index (χ4n) is 5.31. The Morgan fingerprint density at radius 3 is 1.86 bits per heavy atom. The Morgan fingerprint density at radius 2 is 1.27 bits per heavy atom. The lowest BCUT2D eigenvalue weighted by molar-refractivity contribution is -0.384. The first-order valence-electron chi connectivity index (χ1n) is 16.1. The smallest absolute Gasteiger partial charge is 0.296 e. The lowest BCUT2D eigenvalue weighted by Crippen LogP contribution is -2.28. The molecule has 4 aromatic rings. The van der Waals surface area contributed by atoms with E-state index in [2.05, 4.69) is 36.6 Å². The fraction of sp³-hybridized carbons (Fsp3) is 0. The number of nitro benzene ring substituents is 1. The number of benzene rings is 4. The summed E-state index contributed by atoms with van der Waals surface area (Å²) in [7, 11) is -15.5. The molecule has 0 aliphatic heterocycles. The minimum Gasteiger partial charge on any atom is -0.396 e. The van der Waals surface area contributed by atoms with Crippen LogP contribution in [0.25, 0.3) is 6.08 Å². The quantitative estimate of drug-likeness (QED) is 0.0241. The van der Waals surface area contributed by atoms with Gasteiger partial charge in [0.05, 0.1) is 44.6 Å². The standard InChI is InChI=1S/C34H25N9O13S3/c35-31-30-18(15-28(58(51,52)53)32(31)41-39-21-5-10-24(11-6-21)43(46)47)16-29(59(54,55)56)33(34(30)45)42-40-23-9-14-26(27(17-23)57(48,49)50)36-19-1-3-20(4-2-19)37-38-22-7-12-25(44)13-8-22/h1-17,36-37,40H,35H2,(H,48,49,50)(H,51,52,53)(H,54,55,56)/b41-39?,42-33+. The number of hydrogen-bond acceptors (Lipinski definition) is 18. The molecule has 302 valence electrons.